The molecule has 8 heteroatoms. The van der Waals surface area contributed by atoms with Gasteiger partial charge in [-0.2, -0.15) is 0 Å². The van der Waals surface area contributed by atoms with Crippen molar-refractivity contribution in [3.8, 4) is 5.75 Å². The van der Waals surface area contributed by atoms with E-state index in [-0.39, 0.29) is 70.4 Å². The first-order chi connectivity index (χ1) is 7.42. The van der Waals surface area contributed by atoms with Crippen LogP contribution in [0.3, 0.4) is 0 Å². The zero-order valence-corrected chi connectivity index (χ0v) is 14.7. The molecule has 0 bridgehead atoms. The van der Waals surface area contributed by atoms with Gasteiger partial charge < -0.3 is 24.6 Å². The van der Waals surface area contributed by atoms with Gasteiger partial charge in [0, 0.05) is 5.56 Å². The van der Waals surface area contributed by atoms with Crippen LogP contribution in [0.25, 0.3) is 0 Å². The summed E-state index contributed by atoms with van der Waals surface area (Å²) in [6.07, 6.45) is 0.365. The topological polar surface area (TPSA) is 89.8 Å². The zero-order chi connectivity index (χ0) is 11.9. The largest absolute Gasteiger partial charge is 1.00 e. The Labute approximate surface area is 149 Å². The monoisotopic (exact) mass is 268 g/mol. The summed E-state index contributed by atoms with van der Waals surface area (Å²) in [4.78, 5) is 10.8. The van der Waals surface area contributed by atoms with Gasteiger partial charge in [-0.05, 0) is 18.1 Å². The Bertz CT molecular complexity index is 452. The quantitative estimate of drug-likeness (QED) is 0.494. The third-order valence-electron chi connectivity index (χ3n) is 2.89. The van der Waals surface area contributed by atoms with Crippen LogP contribution in [-0.2, 0) is 6.42 Å². The van der Waals surface area contributed by atoms with Crippen LogP contribution in [0, 0.1) is 0 Å². The van der Waals surface area contributed by atoms with Crippen LogP contribution in [0.5, 0.6) is 5.75 Å². The number of hydrogen-bond donors (Lipinski definition) is 2. The van der Waals surface area contributed by atoms with Crippen molar-refractivity contribution in [1.82, 2.24) is 0 Å². The predicted molar refractivity (Wildman–Crippen MR) is 54.7 cm³/mol. The summed E-state index contributed by atoms with van der Waals surface area (Å²) in [6.45, 7) is -1.37. The third kappa shape index (κ3) is 3.52. The summed E-state index contributed by atoms with van der Waals surface area (Å²) in [5.41, 5.74) is 0.494. The second-order valence-corrected chi connectivity index (χ2v) is 4.14. The average Bonchev–Trinajstić information content (AvgIpc) is 2.18. The van der Waals surface area contributed by atoms with Gasteiger partial charge in [0.2, 0.25) is 0 Å². The van der Waals surface area contributed by atoms with Crippen LogP contribution >= 0.6 is 0 Å². The van der Waals surface area contributed by atoms with E-state index >= 15 is 0 Å². The third-order valence-corrected chi connectivity index (χ3v) is 2.89. The SMILES string of the molecule is C[C@@H]1Cc2cccc(C(=O)[O-])c2O[B-]1(O)O.[Na+].[Na+]. The molecule has 0 saturated heterocycles. The van der Waals surface area contributed by atoms with E-state index in [9.17, 15) is 19.9 Å². The average molecular weight is 268 g/mol. The number of carboxylic acids is 1. The van der Waals surface area contributed by atoms with E-state index in [0.29, 0.717) is 12.0 Å². The number of rotatable bonds is 1. The van der Waals surface area contributed by atoms with Crippen molar-refractivity contribution in [2.24, 2.45) is 0 Å². The number of fused-ring (bicyclic) bond motifs is 1. The Morgan fingerprint density at radius 2 is 2.06 bits per heavy atom. The Hall–Kier alpha value is 0.475. The maximum Gasteiger partial charge on any atom is 1.00 e. The Kier molecular flexibility index (Phi) is 6.95. The van der Waals surface area contributed by atoms with E-state index < -0.39 is 18.5 Å². The van der Waals surface area contributed by atoms with E-state index in [1.54, 1.807) is 19.1 Å². The number of hydrogen-bond acceptors (Lipinski definition) is 5. The minimum absolute atomic E-state index is 0. The predicted octanol–water partition coefficient (Wildman–Crippen LogP) is -6.69. The molecule has 0 amide bonds. The first-order valence-corrected chi connectivity index (χ1v) is 5.03. The van der Waals surface area contributed by atoms with Crippen molar-refractivity contribution < 1.29 is 83.7 Å². The van der Waals surface area contributed by atoms with Crippen molar-refractivity contribution >= 4 is 12.7 Å². The molecular formula is C10H11BNa2O5. The van der Waals surface area contributed by atoms with Crippen LogP contribution in [0.15, 0.2) is 18.2 Å². The molecule has 2 N–H and O–H groups in total. The Balaban J connectivity index is 0.00000144. The van der Waals surface area contributed by atoms with Gasteiger partial charge in [0.1, 0.15) is 0 Å². The molecule has 0 fully saturated rings. The van der Waals surface area contributed by atoms with Crippen molar-refractivity contribution in [3.63, 3.8) is 0 Å². The van der Waals surface area contributed by atoms with E-state index in [1.807, 2.05) is 0 Å². The van der Waals surface area contributed by atoms with Gasteiger partial charge >= 0.3 is 65.9 Å². The molecule has 1 heterocycles. The molecule has 0 aliphatic carbocycles. The maximum atomic E-state index is 10.8. The van der Waals surface area contributed by atoms with Crippen LogP contribution in [0.1, 0.15) is 22.8 Å². The van der Waals surface area contributed by atoms with E-state index in [1.165, 1.54) is 6.07 Å². The summed E-state index contributed by atoms with van der Waals surface area (Å²) in [5, 5.41) is 30.0. The number of para-hydroxylation sites is 1. The fourth-order valence-corrected chi connectivity index (χ4v) is 1.84. The van der Waals surface area contributed by atoms with Crippen molar-refractivity contribution in [1.29, 1.82) is 0 Å². The van der Waals surface area contributed by atoms with Gasteiger partial charge in [-0.25, -0.2) is 0 Å². The minimum Gasteiger partial charge on any atom is -0.669 e. The standard InChI is InChI=1S/C10H12BO5.2Na/c1-6-5-7-3-2-4-8(10(12)13)9(7)16-11(6,14)15;;/h2-4,6,14-15H,5H2,1H3,(H,12,13);;/q-1;2*+1/p-1/t6-;;/m1../s1. The molecule has 1 aromatic carbocycles. The Morgan fingerprint density at radius 1 is 1.44 bits per heavy atom. The van der Waals surface area contributed by atoms with Gasteiger partial charge in [-0.3, -0.25) is 0 Å². The maximum absolute atomic E-state index is 10.8. The Morgan fingerprint density at radius 3 is 2.61 bits per heavy atom. The summed E-state index contributed by atoms with van der Waals surface area (Å²) in [7, 11) is 0. The van der Waals surface area contributed by atoms with Gasteiger partial charge in [0.15, 0.2) is 0 Å². The first kappa shape index (κ1) is 18.5. The molecule has 1 aliphatic rings. The molecule has 0 radical (unpaired) electrons. The van der Waals surface area contributed by atoms with Gasteiger partial charge in [-0.15, -0.1) is 0 Å². The molecule has 0 unspecified atom stereocenters. The summed E-state index contributed by atoms with van der Waals surface area (Å²) in [5.74, 6) is -1.85. The van der Waals surface area contributed by atoms with Crippen molar-refractivity contribution in [3.05, 3.63) is 29.3 Å². The van der Waals surface area contributed by atoms with Crippen LogP contribution < -0.4 is 68.9 Å². The summed E-state index contributed by atoms with van der Waals surface area (Å²) >= 11 is 0. The van der Waals surface area contributed by atoms with Crippen molar-refractivity contribution in [2.45, 2.75) is 19.2 Å². The zero-order valence-electron chi connectivity index (χ0n) is 10.7. The smallest absolute Gasteiger partial charge is 0.669 e. The number of benzene rings is 1. The fourth-order valence-electron chi connectivity index (χ4n) is 1.84. The molecule has 1 atom stereocenters. The van der Waals surface area contributed by atoms with E-state index in [2.05, 4.69) is 0 Å². The fraction of sp³-hybridized carbons (Fsp3) is 0.300. The number of carboxylic acid groups (broad SMARTS) is 1. The molecule has 0 saturated carbocycles. The minimum atomic E-state index is -3.00. The molecule has 0 spiro atoms. The molecule has 0 aromatic heterocycles. The summed E-state index contributed by atoms with van der Waals surface area (Å²) in [6, 6.07) is 4.59. The molecule has 2 rings (SSSR count). The molecule has 1 aromatic rings. The molecule has 86 valence electrons. The van der Waals surface area contributed by atoms with Gasteiger partial charge in [0.05, 0.1) is 11.7 Å². The molecular weight excluding hydrogens is 257 g/mol. The second-order valence-electron chi connectivity index (χ2n) is 4.14. The summed E-state index contributed by atoms with van der Waals surface area (Å²) < 4.78 is 4.98. The number of carbonyl (C=O) groups excluding carboxylic acids is 1. The second kappa shape index (κ2) is 6.77. The van der Waals surface area contributed by atoms with Crippen LogP contribution in [0.4, 0.5) is 0 Å². The van der Waals surface area contributed by atoms with E-state index in [4.69, 9.17) is 4.65 Å². The van der Waals surface area contributed by atoms with Crippen LogP contribution in [0.2, 0.25) is 5.82 Å². The normalized spacial score (nSPS) is 19.6. The van der Waals surface area contributed by atoms with Crippen molar-refractivity contribution in [2.75, 3.05) is 0 Å². The van der Waals surface area contributed by atoms with Crippen LogP contribution in [-0.4, -0.2) is 22.8 Å². The first-order valence-electron chi connectivity index (χ1n) is 5.03. The number of aromatic carboxylic acids is 1. The number of carbonyl (C=O) groups is 1. The van der Waals surface area contributed by atoms with E-state index in [0.717, 1.165) is 0 Å². The van der Waals surface area contributed by atoms with Gasteiger partial charge in [0.25, 0.3) is 0 Å². The molecule has 18 heavy (non-hydrogen) atoms. The molecule has 1 aliphatic heterocycles. The van der Waals surface area contributed by atoms with Gasteiger partial charge in [-0.1, -0.05) is 24.9 Å². The molecule has 5 nitrogen and oxygen atoms in total.